The van der Waals surface area contributed by atoms with E-state index in [0.29, 0.717) is 11.5 Å². The van der Waals surface area contributed by atoms with E-state index in [1.54, 1.807) is 6.92 Å². The maximum absolute atomic E-state index is 13.0. The van der Waals surface area contributed by atoms with Crippen molar-refractivity contribution in [1.29, 1.82) is 0 Å². The van der Waals surface area contributed by atoms with Crippen LogP contribution in [0.2, 0.25) is 0 Å². The van der Waals surface area contributed by atoms with Crippen LogP contribution in [0.3, 0.4) is 0 Å². The van der Waals surface area contributed by atoms with Gasteiger partial charge in [-0.25, -0.2) is 0 Å². The van der Waals surface area contributed by atoms with Gasteiger partial charge < -0.3 is 5.32 Å². The fourth-order valence-electron chi connectivity index (χ4n) is 3.24. The van der Waals surface area contributed by atoms with Crippen molar-refractivity contribution in [3.05, 3.63) is 41.7 Å². The Hall–Kier alpha value is -2.50. The van der Waals surface area contributed by atoms with E-state index in [-0.39, 0.29) is 11.9 Å². The number of hydrogen-bond acceptors (Lipinski definition) is 4. The zero-order valence-electron chi connectivity index (χ0n) is 14.7. The second-order valence-electron chi connectivity index (χ2n) is 6.59. The molecule has 0 atom stereocenters. The van der Waals surface area contributed by atoms with Crippen LogP contribution in [0, 0.1) is 6.92 Å². The van der Waals surface area contributed by atoms with Crippen LogP contribution in [-0.4, -0.2) is 32.2 Å². The third-order valence-electron chi connectivity index (χ3n) is 4.63. The average Bonchev–Trinajstić information content (AvgIpc) is 3.01. The lowest BCUT2D eigenvalue weighted by Crippen LogP contribution is -2.37. The van der Waals surface area contributed by atoms with Gasteiger partial charge in [-0.2, -0.15) is 4.68 Å². The number of nitrogens with zero attached hydrogens (tertiary/aromatic N) is 4. The number of hydrogen-bond donors (Lipinski definition) is 1. The summed E-state index contributed by atoms with van der Waals surface area (Å²) >= 11 is 0. The summed E-state index contributed by atoms with van der Waals surface area (Å²) in [4.78, 5) is 13.0. The largest absolute Gasteiger partial charge is 0.348 e. The fraction of sp³-hybridized carbons (Fsp3) is 0.474. The predicted molar refractivity (Wildman–Crippen MR) is 97.4 cm³/mol. The first kappa shape index (κ1) is 17.3. The van der Waals surface area contributed by atoms with E-state index < -0.39 is 0 Å². The summed E-state index contributed by atoms with van der Waals surface area (Å²) in [5, 5.41) is 14.8. The van der Waals surface area contributed by atoms with E-state index in [2.05, 4.69) is 20.8 Å². The Labute approximate surface area is 148 Å². The minimum Gasteiger partial charge on any atom is -0.348 e. The molecular weight excluding hydrogens is 314 g/mol. The van der Waals surface area contributed by atoms with E-state index in [1.807, 2.05) is 36.4 Å². The number of nitrogens with one attached hydrogen (secondary N) is 1. The molecule has 0 bridgehead atoms. The highest BCUT2D eigenvalue weighted by Crippen LogP contribution is 2.19. The molecule has 132 valence electrons. The Balaban J connectivity index is 1.82. The number of rotatable bonds is 4. The van der Waals surface area contributed by atoms with Crippen LogP contribution in [0.4, 0.5) is 0 Å². The molecule has 1 aromatic heterocycles. The minimum atomic E-state index is -0.121. The van der Waals surface area contributed by atoms with Crippen LogP contribution in [0.1, 0.15) is 56.3 Å². The molecule has 0 unspecified atom stereocenters. The smallest absolute Gasteiger partial charge is 0.270 e. The van der Waals surface area contributed by atoms with E-state index in [4.69, 9.17) is 0 Å². The van der Waals surface area contributed by atoms with E-state index in [0.717, 1.165) is 18.4 Å². The molecule has 0 aliphatic heterocycles. The summed E-state index contributed by atoms with van der Waals surface area (Å²) in [6.45, 7) is 1.79. The van der Waals surface area contributed by atoms with Crippen LogP contribution < -0.4 is 5.32 Å². The Morgan fingerprint density at radius 1 is 1.12 bits per heavy atom. The van der Waals surface area contributed by atoms with Crippen molar-refractivity contribution in [3.63, 3.8) is 0 Å². The van der Waals surface area contributed by atoms with Crippen LogP contribution in [0.15, 0.2) is 30.3 Å². The zero-order chi connectivity index (χ0) is 17.5. The van der Waals surface area contributed by atoms with Crippen molar-refractivity contribution < 1.29 is 4.79 Å². The van der Waals surface area contributed by atoms with Gasteiger partial charge in [0.1, 0.15) is 5.70 Å². The molecule has 1 amide bonds. The van der Waals surface area contributed by atoms with E-state index >= 15 is 0 Å². The standard InChI is InChI=1S/C19H25N5O/c1-15-21-22-23-24(15)18(14-16-10-6-5-7-11-16)19(25)20-17-12-8-3-2-4-9-13-17/h5-7,10-11,14,17H,2-4,8-9,12-13H2,1H3,(H,20,25). The second kappa shape index (κ2) is 8.55. The monoisotopic (exact) mass is 339 g/mol. The predicted octanol–water partition coefficient (Wildman–Crippen LogP) is 3.21. The van der Waals surface area contributed by atoms with Crippen molar-refractivity contribution in [2.45, 2.75) is 57.9 Å². The summed E-state index contributed by atoms with van der Waals surface area (Å²) in [6, 6.07) is 9.99. The molecule has 3 rings (SSSR count). The maximum atomic E-state index is 13.0. The maximum Gasteiger partial charge on any atom is 0.270 e. The molecule has 1 aliphatic rings. The van der Waals surface area contributed by atoms with Crippen LogP contribution >= 0.6 is 0 Å². The summed E-state index contributed by atoms with van der Waals surface area (Å²) < 4.78 is 1.51. The number of aryl methyl sites for hydroxylation is 1. The molecule has 0 spiro atoms. The lowest BCUT2D eigenvalue weighted by molar-refractivity contribution is -0.116. The number of carbonyl (C=O) groups is 1. The number of carbonyl (C=O) groups excluding carboxylic acids is 1. The van der Waals surface area contributed by atoms with Gasteiger partial charge >= 0.3 is 0 Å². The molecule has 6 nitrogen and oxygen atoms in total. The molecule has 1 aromatic carbocycles. The third kappa shape index (κ3) is 4.75. The molecule has 1 heterocycles. The third-order valence-corrected chi connectivity index (χ3v) is 4.63. The molecule has 1 saturated carbocycles. The first-order chi connectivity index (χ1) is 12.2. The Morgan fingerprint density at radius 3 is 2.44 bits per heavy atom. The number of aromatic nitrogens is 4. The van der Waals surface area contributed by atoms with Gasteiger partial charge in [0, 0.05) is 6.04 Å². The molecule has 25 heavy (non-hydrogen) atoms. The van der Waals surface area contributed by atoms with Crippen LogP contribution in [-0.2, 0) is 4.79 Å². The Morgan fingerprint density at radius 2 is 1.80 bits per heavy atom. The molecule has 0 saturated heterocycles. The van der Waals surface area contributed by atoms with Crippen molar-refractivity contribution in [3.8, 4) is 0 Å². The van der Waals surface area contributed by atoms with Crippen molar-refractivity contribution in [2.24, 2.45) is 0 Å². The highest BCUT2D eigenvalue weighted by atomic mass is 16.2. The highest BCUT2D eigenvalue weighted by Gasteiger charge is 2.20. The first-order valence-electron chi connectivity index (χ1n) is 9.07. The average molecular weight is 339 g/mol. The Kier molecular flexibility index (Phi) is 5.93. The number of tetrazole rings is 1. The second-order valence-corrected chi connectivity index (χ2v) is 6.59. The number of benzene rings is 1. The zero-order valence-corrected chi connectivity index (χ0v) is 14.7. The summed E-state index contributed by atoms with van der Waals surface area (Å²) in [7, 11) is 0. The summed E-state index contributed by atoms with van der Waals surface area (Å²) in [5.41, 5.74) is 1.40. The van der Waals surface area contributed by atoms with Crippen molar-refractivity contribution in [2.75, 3.05) is 0 Å². The van der Waals surface area contributed by atoms with Gasteiger partial charge in [0.2, 0.25) is 0 Å². The molecule has 1 aliphatic carbocycles. The molecule has 1 fully saturated rings. The lowest BCUT2D eigenvalue weighted by Gasteiger charge is -2.21. The molecular formula is C19H25N5O. The Bertz CT molecular complexity index is 714. The fourth-order valence-corrected chi connectivity index (χ4v) is 3.24. The van der Waals surface area contributed by atoms with E-state index in [1.165, 1.54) is 36.8 Å². The van der Waals surface area contributed by atoms with Gasteiger partial charge in [-0.1, -0.05) is 62.4 Å². The molecule has 1 N–H and O–H groups in total. The quantitative estimate of drug-likeness (QED) is 0.868. The van der Waals surface area contributed by atoms with Gasteiger partial charge in [0.25, 0.3) is 5.91 Å². The van der Waals surface area contributed by atoms with Gasteiger partial charge in [0.15, 0.2) is 5.82 Å². The van der Waals surface area contributed by atoms with Gasteiger partial charge in [-0.3, -0.25) is 4.79 Å². The first-order valence-corrected chi connectivity index (χ1v) is 9.07. The van der Waals surface area contributed by atoms with Gasteiger partial charge in [0.05, 0.1) is 0 Å². The molecule has 2 aromatic rings. The minimum absolute atomic E-state index is 0.121. The van der Waals surface area contributed by atoms with Gasteiger partial charge in [-0.05, 0) is 41.8 Å². The van der Waals surface area contributed by atoms with Crippen molar-refractivity contribution in [1.82, 2.24) is 25.5 Å². The topological polar surface area (TPSA) is 72.7 Å². The van der Waals surface area contributed by atoms with Gasteiger partial charge in [-0.15, -0.1) is 5.10 Å². The summed E-state index contributed by atoms with van der Waals surface area (Å²) in [5.74, 6) is 0.472. The SMILES string of the molecule is Cc1nnnn1C(=Cc1ccccc1)C(=O)NC1CCCCCCC1. The van der Waals surface area contributed by atoms with Crippen molar-refractivity contribution >= 4 is 17.7 Å². The lowest BCUT2D eigenvalue weighted by atomic mass is 9.96. The summed E-state index contributed by atoms with van der Waals surface area (Å²) in [6.07, 6.45) is 10.1. The molecule has 6 heteroatoms. The molecule has 0 radical (unpaired) electrons. The van der Waals surface area contributed by atoms with E-state index in [9.17, 15) is 4.79 Å². The highest BCUT2D eigenvalue weighted by molar-refractivity contribution is 6.18. The normalized spacial score (nSPS) is 16.9. The number of amides is 1. The van der Waals surface area contributed by atoms with Crippen LogP contribution in [0.25, 0.3) is 11.8 Å². The van der Waals surface area contributed by atoms with Crippen LogP contribution in [0.5, 0.6) is 0 Å².